The highest BCUT2D eigenvalue weighted by atomic mass is 19.4. The number of aromatic nitrogens is 1. The van der Waals surface area contributed by atoms with Gasteiger partial charge in [0, 0.05) is 34.0 Å². The molecule has 1 heterocycles. The van der Waals surface area contributed by atoms with E-state index in [0.717, 1.165) is 78.6 Å². The van der Waals surface area contributed by atoms with Crippen molar-refractivity contribution in [3.05, 3.63) is 145 Å². The predicted molar refractivity (Wildman–Crippen MR) is 176 cm³/mol. The largest absolute Gasteiger partial charge is 0.416 e. The van der Waals surface area contributed by atoms with Crippen LogP contribution in [0, 0.1) is 0 Å². The summed E-state index contributed by atoms with van der Waals surface area (Å²) in [6.45, 7) is 0. The summed E-state index contributed by atoms with van der Waals surface area (Å²) in [6, 6.07) is 35.3. The van der Waals surface area contributed by atoms with Crippen molar-refractivity contribution in [1.29, 1.82) is 0 Å². The van der Waals surface area contributed by atoms with Crippen molar-refractivity contribution in [1.82, 2.24) is 4.98 Å². The Balaban J connectivity index is 1.24. The first-order valence-corrected chi connectivity index (χ1v) is 14.8. The summed E-state index contributed by atoms with van der Waals surface area (Å²) in [5.74, 6) is 0. The first kappa shape index (κ1) is 28.8. The Morgan fingerprint density at radius 2 is 0.979 bits per heavy atom. The number of nitrogens with zero attached hydrogens (tertiary/aromatic N) is 2. The monoisotopic (exact) mass is 632 g/mol. The molecular weight excluding hydrogens is 610 g/mol. The Labute approximate surface area is 264 Å². The van der Waals surface area contributed by atoms with Crippen molar-refractivity contribution in [3.63, 3.8) is 0 Å². The molecule has 8 heteroatoms. The molecule has 0 fully saturated rings. The average molecular weight is 633 g/mol. The lowest BCUT2D eigenvalue weighted by Gasteiger charge is -2.26. The molecule has 8 rings (SSSR count). The van der Waals surface area contributed by atoms with Gasteiger partial charge in [-0.05, 0) is 111 Å². The smallest absolute Gasteiger partial charge is 0.311 e. The van der Waals surface area contributed by atoms with Crippen LogP contribution in [0.3, 0.4) is 0 Å². The minimum Gasteiger partial charge on any atom is -0.311 e. The molecule has 1 aromatic heterocycles. The van der Waals surface area contributed by atoms with Crippen LogP contribution in [0.1, 0.15) is 11.1 Å². The third-order valence-electron chi connectivity index (χ3n) is 8.69. The maximum atomic E-state index is 13.3. The average Bonchev–Trinajstić information content (AvgIpc) is 3.07. The molecule has 0 unspecified atom stereocenters. The Hall–Kier alpha value is -5.63. The van der Waals surface area contributed by atoms with E-state index >= 15 is 0 Å². The maximum absolute atomic E-state index is 13.3. The number of halogens is 6. The molecular formula is C39H22F6N2. The topological polar surface area (TPSA) is 16.1 Å². The van der Waals surface area contributed by atoms with Gasteiger partial charge in [0.15, 0.2) is 0 Å². The number of hydrogen-bond donors (Lipinski definition) is 0. The molecule has 8 aromatic rings. The number of anilines is 3. The quantitative estimate of drug-likeness (QED) is 0.109. The van der Waals surface area contributed by atoms with Crippen LogP contribution in [0.15, 0.2) is 134 Å². The molecule has 0 bridgehead atoms. The SMILES string of the molecule is FC(F)(F)c1ccc(N(c2ccc(-c3ccc4ccc5cc6cccnc6c6ccc3c4c56)cc2)c2ccc(C(F)(F)F)cc2)cc1. The number of fused-ring (bicyclic) bond motifs is 2. The van der Waals surface area contributed by atoms with E-state index in [2.05, 4.69) is 53.5 Å². The Morgan fingerprint density at radius 1 is 0.468 bits per heavy atom. The van der Waals surface area contributed by atoms with Gasteiger partial charge in [0.25, 0.3) is 0 Å². The highest BCUT2D eigenvalue weighted by Gasteiger charge is 2.31. The minimum atomic E-state index is -4.52. The van der Waals surface area contributed by atoms with Gasteiger partial charge in [-0.2, -0.15) is 26.3 Å². The first-order chi connectivity index (χ1) is 22.6. The van der Waals surface area contributed by atoms with Gasteiger partial charge < -0.3 is 4.90 Å². The third-order valence-corrected chi connectivity index (χ3v) is 8.69. The molecule has 0 saturated heterocycles. The molecule has 0 N–H and O–H groups in total. The van der Waals surface area contributed by atoms with Gasteiger partial charge in [0.1, 0.15) is 0 Å². The maximum Gasteiger partial charge on any atom is 0.416 e. The fraction of sp³-hybridized carbons (Fsp3) is 0.0513. The molecule has 0 amide bonds. The van der Waals surface area contributed by atoms with Gasteiger partial charge in [0.2, 0.25) is 0 Å². The Morgan fingerprint density at radius 3 is 1.57 bits per heavy atom. The predicted octanol–water partition coefficient (Wildman–Crippen LogP) is 12.3. The molecule has 0 aliphatic heterocycles. The van der Waals surface area contributed by atoms with Crippen LogP contribution in [-0.2, 0) is 12.4 Å². The molecule has 0 spiro atoms. The van der Waals surface area contributed by atoms with Gasteiger partial charge in [0.05, 0.1) is 16.6 Å². The van der Waals surface area contributed by atoms with Crippen LogP contribution in [0.25, 0.3) is 54.3 Å². The lowest BCUT2D eigenvalue weighted by molar-refractivity contribution is -0.138. The van der Waals surface area contributed by atoms with Crippen molar-refractivity contribution in [2.75, 3.05) is 4.90 Å². The number of benzene rings is 7. The number of pyridine rings is 1. The van der Waals surface area contributed by atoms with E-state index < -0.39 is 23.5 Å². The van der Waals surface area contributed by atoms with Crippen LogP contribution in [-0.4, -0.2) is 4.98 Å². The molecule has 0 aliphatic carbocycles. The third kappa shape index (κ3) is 4.88. The first-order valence-electron chi connectivity index (χ1n) is 14.8. The molecule has 2 nitrogen and oxygen atoms in total. The van der Waals surface area contributed by atoms with Gasteiger partial charge >= 0.3 is 12.4 Å². The summed E-state index contributed by atoms with van der Waals surface area (Å²) < 4.78 is 79.9. The van der Waals surface area contributed by atoms with E-state index in [0.29, 0.717) is 17.1 Å². The second-order valence-electron chi connectivity index (χ2n) is 11.5. The highest BCUT2D eigenvalue weighted by Crippen LogP contribution is 2.43. The van der Waals surface area contributed by atoms with Crippen molar-refractivity contribution in [2.45, 2.75) is 12.4 Å². The molecule has 0 aliphatic rings. The fourth-order valence-electron chi connectivity index (χ4n) is 6.51. The van der Waals surface area contributed by atoms with Crippen LogP contribution in [0.2, 0.25) is 0 Å². The fourth-order valence-corrected chi connectivity index (χ4v) is 6.51. The van der Waals surface area contributed by atoms with Crippen molar-refractivity contribution in [3.8, 4) is 11.1 Å². The second kappa shape index (κ2) is 10.5. The summed E-state index contributed by atoms with van der Waals surface area (Å²) in [7, 11) is 0. The molecule has 0 saturated carbocycles. The second-order valence-corrected chi connectivity index (χ2v) is 11.5. The summed E-state index contributed by atoms with van der Waals surface area (Å²) in [5.41, 5.74) is 2.52. The highest BCUT2D eigenvalue weighted by molar-refractivity contribution is 6.29. The molecule has 0 radical (unpaired) electrons. The molecule has 47 heavy (non-hydrogen) atoms. The normalized spacial score (nSPS) is 12.5. The van der Waals surface area contributed by atoms with E-state index in [1.54, 1.807) is 11.1 Å². The van der Waals surface area contributed by atoms with E-state index in [9.17, 15) is 26.3 Å². The Bertz CT molecular complexity index is 2350. The van der Waals surface area contributed by atoms with Crippen molar-refractivity contribution >= 4 is 60.3 Å². The zero-order chi connectivity index (χ0) is 32.5. The Kier molecular flexibility index (Phi) is 6.41. The summed E-state index contributed by atoms with van der Waals surface area (Å²) in [4.78, 5) is 6.29. The van der Waals surface area contributed by atoms with Crippen LogP contribution < -0.4 is 4.90 Å². The van der Waals surface area contributed by atoms with Crippen LogP contribution >= 0.6 is 0 Å². The molecule has 230 valence electrons. The van der Waals surface area contributed by atoms with Gasteiger partial charge in [-0.15, -0.1) is 0 Å². The lowest BCUT2D eigenvalue weighted by Crippen LogP contribution is -2.12. The van der Waals surface area contributed by atoms with Crippen molar-refractivity contribution in [2.24, 2.45) is 0 Å². The molecule has 0 atom stereocenters. The molecule has 7 aromatic carbocycles. The van der Waals surface area contributed by atoms with Gasteiger partial charge in [-0.3, -0.25) is 4.98 Å². The van der Waals surface area contributed by atoms with E-state index in [1.807, 2.05) is 30.3 Å². The van der Waals surface area contributed by atoms with Crippen LogP contribution in [0.4, 0.5) is 43.4 Å². The van der Waals surface area contributed by atoms with Crippen molar-refractivity contribution < 1.29 is 26.3 Å². The lowest BCUT2D eigenvalue weighted by atomic mass is 9.89. The van der Waals surface area contributed by atoms with Gasteiger partial charge in [-0.1, -0.05) is 54.6 Å². The minimum absolute atomic E-state index is 0.370. The van der Waals surface area contributed by atoms with E-state index in [-0.39, 0.29) is 0 Å². The summed E-state index contributed by atoms with van der Waals surface area (Å²) in [5, 5.41) is 7.70. The van der Waals surface area contributed by atoms with E-state index in [1.165, 1.54) is 24.3 Å². The standard InChI is InChI=1S/C39H22F6N2/c40-38(41,42)27-8-14-30(15-9-27)47(31-16-10-28(11-17-31)39(43,44)45)29-12-5-23(6-13-29)32-18-7-24-3-4-25-22-26-2-1-21-46-37(26)34-20-19-33(32)35(24)36(25)34/h1-22H. The number of hydrogen-bond acceptors (Lipinski definition) is 2. The summed E-state index contributed by atoms with van der Waals surface area (Å²) in [6.07, 6.45) is -7.25. The zero-order valence-corrected chi connectivity index (χ0v) is 24.4. The number of rotatable bonds is 4. The zero-order valence-electron chi connectivity index (χ0n) is 24.4. The number of alkyl halides is 6. The van der Waals surface area contributed by atoms with E-state index in [4.69, 9.17) is 0 Å². The summed E-state index contributed by atoms with van der Waals surface area (Å²) >= 11 is 0. The van der Waals surface area contributed by atoms with Gasteiger partial charge in [-0.25, -0.2) is 0 Å². The van der Waals surface area contributed by atoms with Crippen LogP contribution in [0.5, 0.6) is 0 Å².